The lowest BCUT2D eigenvalue weighted by Gasteiger charge is -2.38. The highest BCUT2D eigenvalue weighted by atomic mass is 16.3. The van der Waals surface area contributed by atoms with Gasteiger partial charge < -0.3 is 15.7 Å². The van der Waals surface area contributed by atoms with Gasteiger partial charge in [0, 0.05) is 18.6 Å². The van der Waals surface area contributed by atoms with E-state index in [4.69, 9.17) is 0 Å². The fourth-order valence-electron chi connectivity index (χ4n) is 2.94. The van der Waals surface area contributed by atoms with E-state index in [0.717, 1.165) is 19.4 Å². The van der Waals surface area contributed by atoms with Crippen LogP contribution in [0.2, 0.25) is 0 Å². The van der Waals surface area contributed by atoms with Gasteiger partial charge in [-0.15, -0.1) is 0 Å². The highest BCUT2D eigenvalue weighted by Gasteiger charge is 2.34. The van der Waals surface area contributed by atoms with Crippen LogP contribution in [0, 0.1) is 0 Å². The summed E-state index contributed by atoms with van der Waals surface area (Å²) in [6, 6.07) is 1.19. The second kappa shape index (κ2) is 6.17. The lowest BCUT2D eigenvalue weighted by atomic mass is 9.80. The Labute approximate surface area is 105 Å². The minimum absolute atomic E-state index is 0.384. The van der Waals surface area contributed by atoms with Crippen LogP contribution in [-0.2, 0) is 0 Å². The van der Waals surface area contributed by atoms with Crippen LogP contribution in [0.5, 0.6) is 0 Å². The van der Waals surface area contributed by atoms with Crippen molar-refractivity contribution in [3.05, 3.63) is 0 Å². The summed E-state index contributed by atoms with van der Waals surface area (Å²) >= 11 is 0. The van der Waals surface area contributed by atoms with Gasteiger partial charge in [-0.1, -0.05) is 12.8 Å². The highest BCUT2D eigenvalue weighted by Crippen LogP contribution is 2.30. The normalized spacial score (nSPS) is 30.4. The van der Waals surface area contributed by atoms with Gasteiger partial charge in [-0.3, -0.25) is 0 Å². The molecule has 1 saturated carbocycles. The van der Waals surface area contributed by atoms with Crippen molar-refractivity contribution in [1.82, 2.24) is 10.6 Å². The van der Waals surface area contributed by atoms with Gasteiger partial charge in [0.25, 0.3) is 0 Å². The van der Waals surface area contributed by atoms with Gasteiger partial charge in [0.2, 0.25) is 0 Å². The van der Waals surface area contributed by atoms with Crippen LogP contribution in [0.15, 0.2) is 0 Å². The predicted octanol–water partition coefficient (Wildman–Crippen LogP) is 1.80. The van der Waals surface area contributed by atoms with Crippen molar-refractivity contribution in [2.45, 2.75) is 76.0 Å². The SMILES string of the molecule is CC(CC1CCCCCN1)NCC1(O)CCC1. The van der Waals surface area contributed by atoms with E-state index in [1.807, 2.05) is 0 Å². The molecule has 0 aromatic heterocycles. The maximum Gasteiger partial charge on any atom is 0.0771 e. The first kappa shape index (κ1) is 13.3. The monoisotopic (exact) mass is 240 g/mol. The van der Waals surface area contributed by atoms with Crippen molar-refractivity contribution < 1.29 is 5.11 Å². The molecule has 17 heavy (non-hydrogen) atoms. The first-order valence-corrected chi connectivity index (χ1v) is 7.37. The number of hydrogen-bond donors (Lipinski definition) is 3. The molecule has 2 rings (SSSR count). The topological polar surface area (TPSA) is 44.3 Å². The summed E-state index contributed by atoms with van der Waals surface area (Å²) in [7, 11) is 0. The Balaban J connectivity index is 1.63. The molecule has 2 fully saturated rings. The lowest BCUT2D eigenvalue weighted by Crippen LogP contribution is -2.49. The molecule has 3 heteroatoms. The standard InChI is InChI=1S/C14H28N2O/c1-12(16-11-14(17)7-5-8-14)10-13-6-3-2-4-9-15-13/h12-13,15-17H,2-11H2,1H3. The van der Waals surface area contributed by atoms with E-state index in [-0.39, 0.29) is 5.60 Å². The minimum Gasteiger partial charge on any atom is -0.389 e. The summed E-state index contributed by atoms with van der Waals surface area (Å²) in [5.41, 5.74) is -0.384. The fraction of sp³-hybridized carbons (Fsp3) is 1.00. The maximum atomic E-state index is 10.0. The van der Waals surface area contributed by atoms with Crippen molar-refractivity contribution in [2.24, 2.45) is 0 Å². The van der Waals surface area contributed by atoms with E-state index in [0.29, 0.717) is 12.1 Å². The minimum atomic E-state index is -0.384. The van der Waals surface area contributed by atoms with Gasteiger partial charge in [-0.25, -0.2) is 0 Å². The zero-order valence-corrected chi connectivity index (χ0v) is 11.2. The second-order valence-electron chi connectivity index (χ2n) is 6.10. The first-order valence-electron chi connectivity index (χ1n) is 7.37. The third kappa shape index (κ3) is 4.23. The Hall–Kier alpha value is -0.120. The molecule has 0 bridgehead atoms. The van der Waals surface area contributed by atoms with Crippen LogP contribution in [0.25, 0.3) is 0 Å². The van der Waals surface area contributed by atoms with Gasteiger partial charge in [0.05, 0.1) is 5.60 Å². The molecule has 0 aromatic rings. The van der Waals surface area contributed by atoms with Crippen LogP contribution in [-0.4, -0.2) is 35.9 Å². The Morgan fingerprint density at radius 2 is 2.12 bits per heavy atom. The molecular weight excluding hydrogens is 212 g/mol. The number of aliphatic hydroxyl groups is 1. The van der Waals surface area contributed by atoms with Crippen LogP contribution in [0.1, 0.15) is 58.3 Å². The Kier molecular flexibility index (Phi) is 4.83. The van der Waals surface area contributed by atoms with Crippen LogP contribution < -0.4 is 10.6 Å². The average Bonchev–Trinajstić information content (AvgIpc) is 2.52. The van der Waals surface area contributed by atoms with E-state index >= 15 is 0 Å². The van der Waals surface area contributed by atoms with Crippen molar-refractivity contribution >= 4 is 0 Å². The van der Waals surface area contributed by atoms with E-state index in [1.165, 1.54) is 45.1 Å². The third-order valence-electron chi connectivity index (χ3n) is 4.36. The molecule has 1 aliphatic heterocycles. The zero-order valence-electron chi connectivity index (χ0n) is 11.2. The molecule has 0 amide bonds. The number of rotatable bonds is 5. The molecule has 0 aromatic carbocycles. The molecule has 2 aliphatic rings. The summed E-state index contributed by atoms with van der Waals surface area (Å²) in [5.74, 6) is 0. The third-order valence-corrected chi connectivity index (χ3v) is 4.36. The molecule has 100 valence electrons. The molecule has 1 heterocycles. The summed E-state index contributed by atoms with van der Waals surface area (Å²) in [6.07, 6.45) is 9.74. The van der Waals surface area contributed by atoms with Crippen molar-refractivity contribution in [1.29, 1.82) is 0 Å². The molecule has 0 radical (unpaired) electrons. The molecule has 2 unspecified atom stereocenters. The molecule has 3 nitrogen and oxygen atoms in total. The number of nitrogens with one attached hydrogen (secondary N) is 2. The summed E-state index contributed by atoms with van der Waals surface area (Å²) in [6.45, 7) is 4.21. The summed E-state index contributed by atoms with van der Waals surface area (Å²) in [5, 5.41) is 17.2. The lowest BCUT2D eigenvalue weighted by molar-refractivity contribution is -0.0331. The summed E-state index contributed by atoms with van der Waals surface area (Å²) in [4.78, 5) is 0. The van der Waals surface area contributed by atoms with E-state index in [9.17, 15) is 5.11 Å². The van der Waals surface area contributed by atoms with Crippen LogP contribution in [0.3, 0.4) is 0 Å². The molecule has 2 atom stereocenters. The first-order chi connectivity index (χ1) is 8.18. The van der Waals surface area contributed by atoms with Crippen molar-refractivity contribution in [2.75, 3.05) is 13.1 Å². The molecule has 1 aliphatic carbocycles. The average molecular weight is 240 g/mol. The Morgan fingerprint density at radius 1 is 1.29 bits per heavy atom. The summed E-state index contributed by atoms with van der Waals surface area (Å²) < 4.78 is 0. The Bertz CT molecular complexity index is 220. The van der Waals surface area contributed by atoms with Crippen molar-refractivity contribution in [3.63, 3.8) is 0 Å². The van der Waals surface area contributed by atoms with Gasteiger partial charge in [0.1, 0.15) is 0 Å². The van der Waals surface area contributed by atoms with Crippen molar-refractivity contribution in [3.8, 4) is 0 Å². The number of hydrogen-bond acceptors (Lipinski definition) is 3. The fourth-order valence-corrected chi connectivity index (χ4v) is 2.94. The van der Waals surface area contributed by atoms with E-state index < -0.39 is 0 Å². The maximum absolute atomic E-state index is 10.0. The predicted molar refractivity (Wildman–Crippen MR) is 71.1 cm³/mol. The zero-order chi connectivity index (χ0) is 12.1. The molecule has 0 spiro atoms. The molecule has 3 N–H and O–H groups in total. The van der Waals surface area contributed by atoms with Crippen LogP contribution >= 0.6 is 0 Å². The molecule has 1 saturated heterocycles. The highest BCUT2D eigenvalue weighted by molar-refractivity contribution is 4.90. The van der Waals surface area contributed by atoms with E-state index in [2.05, 4.69) is 17.6 Å². The van der Waals surface area contributed by atoms with Gasteiger partial charge >= 0.3 is 0 Å². The van der Waals surface area contributed by atoms with Crippen LogP contribution in [0.4, 0.5) is 0 Å². The quantitative estimate of drug-likeness (QED) is 0.686. The Morgan fingerprint density at radius 3 is 2.82 bits per heavy atom. The van der Waals surface area contributed by atoms with E-state index in [1.54, 1.807) is 0 Å². The largest absolute Gasteiger partial charge is 0.389 e. The molecular formula is C14H28N2O. The second-order valence-corrected chi connectivity index (χ2v) is 6.10. The van der Waals surface area contributed by atoms with Gasteiger partial charge in [-0.05, 0) is 52.0 Å². The van der Waals surface area contributed by atoms with Gasteiger partial charge in [-0.2, -0.15) is 0 Å². The smallest absolute Gasteiger partial charge is 0.0771 e. The van der Waals surface area contributed by atoms with Gasteiger partial charge in [0.15, 0.2) is 0 Å².